The van der Waals surface area contributed by atoms with E-state index >= 15 is 0 Å². The van der Waals surface area contributed by atoms with Crippen molar-refractivity contribution in [3.8, 4) is 0 Å². The molecular weight excluding hydrogens is 230 g/mol. The maximum atomic E-state index is 6.40. The molecule has 0 aliphatic heterocycles. The summed E-state index contributed by atoms with van der Waals surface area (Å²) in [6.07, 6.45) is 0.979. The van der Waals surface area contributed by atoms with Crippen molar-refractivity contribution in [3.63, 3.8) is 0 Å². The van der Waals surface area contributed by atoms with E-state index in [0.717, 1.165) is 6.42 Å². The van der Waals surface area contributed by atoms with Crippen molar-refractivity contribution in [3.05, 3.63) is 70.8 Å². The fourth-order valence-electron chi connectivity index (χ4n) is 2.65. The van der Waals surface area contributed by atoms with Crippen LogP contribution in [0.1, 0.15) is 41.5 Å². The number of aryl methyl sites for hydroxylation is 2. The minimum atomic E-state index is 0.155. The minimum absolute atomic E-state index is 0.155. The number of hydrogen-bond donors (Lipinski definition) is 1. The normalized spacial score (nSPS) is 14.1. The van der Waals surface area contributed by atoms with Gasteiger partial charge in [-0.05, 0) is 37.0 Å². The number of hydrogen-bond acceptors (Lipinski definition) is 1. The molecule has 2 N–H and O–H groups in total. The summed E-state index contributed by atoms with van der Waals surface area (Å²) in [4.78, 5) is 0. The number of rotatable bonds is 4. The van der Waals surface area contributed by atoms with Crippen LogP contribution in [-0.2, 0) is 0 Å². The molecule has 2 unspecified atom stereocenters. The zero-order valence-electron chi connectivity index (χ0n) is 12.1. The van der Waals surface area contributed by atoms with Crippen LogP contribution in [0.2, 0.25) is 0 Å². The molecule has 2 atom stereocenters. The monoisotopic (exact) mass is 253 g/mol. The number of benzene rings is 2. The van der Waals surface area contributed by atoms with Crippen molar-refractivity contribution in [2.24, 2.45) is 5.73 Å². The zero-order chi connectivity index (χ0) is 13.8. The van der Waals surface area contributed by atoms with E-state index in [1.165, 1.54) is 22.3 Å². The van der Waals surface area contributed by atoms with Crippen LogP contribution in [0.3, 0.4) is 0 Å². The third-order valence-corrected chi connectivity index (χ3v) is 3.83. The van der Waals surface area contributed by atoms with E-state index in [-0.39, 0.29) is 12.0 Å². The Balaban J connectivity index is 2.52. The average Bonchev–Trinajstić information content (AvgIpc) is 2.44. The second-order valence-electron chi connectivity index (χ2n) is 5.32. The van der Waals surface area contributed by atoms with E-state index in [2.05, 4.69) is 69.3 Å². The van der Waals surface area contributed by atoms with Gasteiger partial charge in [0.15, 0.2) is 0 Å². The number of nitrogens with two attached hydrogens (primary N) is 1. The Morgan fingerprint density at radius 3 is 2.32 bits per heavy atom. The topological polar surface area (TPSA) is 26.0 Å². The molecule has 19 heavy (non-hydrogen) atoms. The van der Waals surface area contributed by atoms with Crippen LogP contribution < -0.4 is 5.73 Å². The molecule has 2 aromatic carbocycles. The molecule has 2 aromatic rings. The molecule has 1 heteroatoms. The predicted octanol–water partition coefficient (Wildman–Crippen LogP) is 4.17. The van der Waals surface area contributed by atoms with Crippen molar-refractivity contribution >= 4 is 0 Å². The summed E-state index contributed by atoms with van der Waals surface area (Å²) in [5.74, 6) is 0.283. The van der Waals surface area contributed by atoms with Crippen LogP contribution in [-0.4, -0.2) is 6.04 Å². The van der Waals surface area contributed by atoms with Gasteiger partial charge in [0.25, 0.3) is 0 Å². The van der Waals surface area contributed by atoms with Crippen LogP contribution >= 0.6 is 0 Å². The van der Waals surface area contributed by atoms with Gasteiger partial charge in [-0.25, -0.2) is 0 Å². The van der Waals surface area contributed by atoms with Gasteiger partial charge in [0.2, 0.25) is 0 Å². The Morgan fingerprint density at radius 2 is 1.68 bits per heavy atom. The van der Waals surface area contributed by atoms with E-state index in [1.807, 2.05) is 0 Å². The van der Waals surface area contributed by atoms with Gasteiger partial charge in [-0.1, -0.05) is 61.0 Å². The predicted molar refractivity (Wildman–Crippen MR) is 82.5 cm³/mol. The largest absolute Gasteiger partial charge is 0.327 e. The highest BCUT2D eigenvalue weighted by atomic mass is 14.6. The molecule has 1 nitrogen and oxygen atoms in total. The van der Waals surface area contributed by atoms with Crippen LogP contribution in [0.25, 0.3) is 0 Å². The van der Waals surface area contributed by atoms with Gasteiger partial charge in [-0.2, -0.15) is 0 Å². The van der Waals surface area contributed by atoms with Crippen molar-refractivity contribution in [2.75, 3.05) is 0 Å². The third kappa shape index (κ3) is 3.05. The smallest absolute Gasteiger partial charge is 0.0243 e. The van der Waals surface area contributed by atoms with Gasteiger partial charge >= 0.3 is 0 Å². The molecule has 0 bridgehead atoms. The van der Waals surface area contributed by atoms with Gasteiger partial charge < -0.3 is 5.73 Å². The van der Waals surface area contributed by atoms with Gasteiger partial charge in [0.1, 0.15) is 0 Å². The summed E-state index contributed by atoms with van der Waals surface area (Å²) in [6, 6.07) is 17.4. The molecule has 0 radical (unpaired) electrons. The summed E-state index contributed by atoms with van der Waals surface area (Å²) < 4.78 is 0. The molecule has 0 saturated heterocycles. The van der Waals surface area contributed by atoms with E-state index in [1.54, 1.807) is 0 Å². The second-order valence-corrected chi connectivity index (χ2v) is 5.32. The molecule has 2 rings (SSSR count). The standard InChI is InChI=1S/C18H23N/c1-4-17(19)18(15-8-6-5-7-9-15)16-12-13(2)10-11-14(16)3/h5-12,17-18H,4,19H2,1-3H3. The lowest BCUT2D eigenvalue weighted by Gasteiger charge is -2.26. The first-order chi connectivity index (χ1) is 9.13. The quantitative estimate of drug-likeness (QED) is 0.869. The molecule has 0 saturated carbocycles. The zero-order valence-corrected chi connectivity index (χ0v) is 12.1. The van der Waals surface area contributed by atoms with Crippen LogP contribution in [0, 0.1) is 13.8 Å². The van der Waals surface area contributed by atoms with Gasteiger partial charge in [0, 0.05) is 12.0 Å². The first-order valence-electron chi connectivity index (χ1n) is 7.01. The van der Waals surface area contributed by atoms with E-state index in [0.29, 0.717) is 0 Å². The second kappa shape index (κ2) is 6.03. The molecule has 0 amide bonds. The van der Waals surface area contributed by atoms with Crippen molar-refractivity contribution in [1.82, 2.24) is 0 Å². The van der Waals surface area contributed by atoms with Crippen molar-refractivity contribution < 1.29 is 0 Å². The Hall–Kier alpha value is -1.60. The SMILES string of the molecule is CCC(N)C(c1ccccc1)c1cc(C)ccc1C. The van der Waals surface area contributed by atoms with Crippen molar-refractivity contribution in [2.45, 2.75) is 39.2 Å². The lowest BCUT2D eigenvalue weighted by molar-refractivity contribution is 0.574. The minimum Gasteiger partial charge on any atom is -0.327 e. The summed E-state index contributed by atoms with van der Waals surface area (Å²) in [5, 5.41) is 0. The van der Waals surface area contributed by atoms with E-state index < -0.39 is 0 Å². The van der Waals surface area contributed by atoms with Crippen LogP contribution in [0.5, 0.6) is 0 Å². The Morgan fingerprint density at radius 1 is 1.00 bits per heavy atom. The molecule has 0 aliphatic rings. The van der Waals surface area contributed by atoms with Gasteiger partial charge in [0.05, 0.1) is 0 Å². The Labute approximate surface area is 116 Å². The molecular formula is C18H23N. The summed E-state index contributed by atoms with van der Waals surface area (Å²) in [5.41, 5.74) is 11.7. The Bertz CT molecular complexity index is 531. The molecule has 0 aliphatic carbocycles. The van der Waals surface area contributed by atoms with E-state index in [4.69, 9.17) is 5.73 Å². The fourth-order valence-corrected chi connectivity index (χ4v) is 2.65. The molecule has 0 spiro atoms. The molecule has 100 valence electrons. The highest BCUT2D eigenvalue weighted by Gasteiger charge is 2.22. The maximum absolute atomic E-state index is 6.40. The Kier molecular flexibility index (Phi) is 4.39. The molecule has 0 fully saturated rings. The summed E-state index contributed by atoms with van der Waals surface area (Å²) in [6.45, 7) is 6.47. The highest BCUT2D eigenvalue weighted by Crippen LogP contribution is 2.31. The van der Waals surface area contributed by atoms with Crippen LogP contribution in [0.15, 0.2) is 48.5 Å². The van der Waals surface area contributed by atoms with Gasteiger partial charge in [-0.15, -0.1) is 0 Å². The third-order valence-electron chi connectivity index (χ3n) is 3.83. The van der Waals surface area contributed by atoms with Crippen molar-refractivity contribution in [1.29, 1.82) is 0 Å². The first-order valence-corrected chi connectivity index (χ1v) is 7.01. The fraction of sp³-hybridized carbons (Fsp3) is 0.333. The lowest BCUT2D eigenvalue weighted by atomic mass is 9.82. The molecule has 0 heterocycles. The van der Waals surface area contributed by atoms with Crippen LogP contribution in [0.4, 0.5) is 0 Å². The highest BCUT2D eigenvalue weighted by molar-refractivity contribution is 5.41. The summed E-state index contributed by atoms with van der Waals surface area (Å²) in [7, 11) is 0. The summed E-state index contributed by atoms with van der Waals surface area (Å²) >= 11 is 0. The average molecular weight is 253 g/mol. The maximum Gasteiger partial charge on any atom is 0.0243 e. The molecule has 0 aromatic heterocycles. The van der Waals surface area contributed by atoms with Gasteiger partial charge in [-0.3, -0.25) is 0 Å². The van der Waals surface area contributed by atoms with E-state index in [9.17, 15) is 0 Å². The lowest BCUT2D eigenvalue weighted by Crippen LogP contribution is -2.29. The first kappa shape index (κ1) is 13.8.